The molecule has 0 bridgehead atoms. The van der Waals surface area contributed by atoms with Crippen molar-refractivity contribution in [3.63, 3.8) is 0 Å². The number of benzene rings is 1. The second-order valence-corrected chi connectivity index (χ2v) is 9.96. The van der Waals surface area contributed by atoms with Crippen molar-refractivity contribution in [3.05, 3.63) is 65.6 Å². The zero-order chi connectivity index (χ0) is 25.6. The molecule has 0 aliphatic rings. The lowest BCUT2D eigenvalue weighted by molar-refractivity contribution is 0.0976. The minimum absolute atomic E-state index is 0.0665. The standard InChI is InChI=1S/C25H28FN3O5S/c1-5-11-33-25-21(24(30)29-35(31,32)23-8-6-7-17(4)27-23)9-10-22(28-25)18-12-19(26)14-20(13-18)34-15-16(2)3/h6-10,12-14,16H,5,11,15H2,1-4H3,(H,29,30). The predicted octanol–water partition coefficient (Wildman–Crippen LogP) is 4.53. The molecule has 0 spiro atoms. The molecule has 0 saturated heterocycles. The van der Waals surface area contributed by atoms with E-state index in [4.69, 9.17) is 9.47 Å². The van der Waals surface area contributed by atoms with Gasteiger partial charge in [-0.25, -0.2) is 19.1 Å². The van der Waals surface area contributed by atoms with Crippen molar-refractivity contribution in [3.8, 4) is 22.9 Å². The summed E-state index contributed by atoms with van der Waals surface area (Å²) >= 11 is 0. The lowest BCUT2D eigenvalue weighted by Crippen LogP contribution is -2.31. The number of pyridine rings is 2. The van der Waals surface area contributed by atoms with Gasteiger partial charge in [0.1, 0.15) is 17.1 Å². The molecule has 2 heterocycles. The molecular formula is C25H28FN3O5S. The largest absolute Gasteiger partial charge is 0.493 e. The minimum atomic E-state index is -4.21. The maximum Gasteiger partial charge on any atom is 0.281 e. The van der Waals surface area contributed by atoms with Crippen molar-refractivity contribution in [2.24, 2.45) is 5.92 Å². The van der Waals surface area contributed by atoms with Crippen molar-refractivity contribution < 1.29 is 27.1 Å². The molecule has 35 heavy (non-hydrogen) atoms. The fraction of sp³-hybridized carbons (Fsp3) is 0.320. The highest BCUT2D eigenvalue weighted by molar-refractivity contribution is 7.90. The SMILES string of the molecule is CCCOc1nc(-c2cc(F)cc(OCC(C)C)c2)ccc1C(=O)NS(=O)(=O)c1cccc(C)n1. The second kappa shape index (κ2) is 11.3. The van der Waals surface area contributed by atoms with Crippen LogP contribution in [0.5, 0.6) is 11.6 Å². The van der Waals surface area contributed by atoms with E-state index in [9.17, 15) is 17.6 Å². The Labute approximate surface area is 204 Å². The Balaban J connectivity index is 1.94. The summed E-state index contributed by atoms with van der Waals surface area (Å²) in [5.74, 6) is -0.873. The summed E-state index contributed by atoms with van der Waals surface area (Å²) in [6.07, 6.45) is 0.631. The molecule has 1 N–H and O–H groups in total. The van der Waals surface area contributed by atoms with E-state index in [1.807, 2.05) is 25.5 Å². The van der Waals surface area contributed by atoms with Gasteiger partial charge in [-0.2, -0.15) is 8.42 Å². The number of nitrogens with one attached hydrogen (secondary N) is 1. The van der Waals surface area contributed by atoms with Crippen molar-refractivity contribution in [1.82, 2.24) is 14.7 Å². The topological polar surface area (TPSA) is 107 Å². The quantitative estimate of drug-likeness (QED) is 0.435. The van der Waals surface area contributed by atoms with Gasteiger partial charge in [-0.1, -0.05) is 26.8 Å². The molecule has 186 valence electrons. The normalized spacial score (nSPS) is 11.4. The Morgan fingerprint density at radius 3 is 2.54 bits per heavy atom. The molecule has 0 aliphatic heterocycles. The van der Waals surface area contributed by atoms with E-state index in [0.29, 0.717) is 35.7 Å². The van der Waals surface area contributed by atoms with Crippen LogP contribution in [0.1, 0.15) is 43.2 Å². The first-order valence-electron chi connectivity index (χ1n) is 11.2. The third kappa shape index (κ3) is 6.98. The molecule has 0 fully saturated rings. The van der Waals surface area contributed by atoms with Crippen LogP contribution in [0.15, 0.2) is 53.6 Å². The summed E-state index contributed by atoms with van der Waals surface area (Å²) in [7, 11) is -4.21. The molecule has 1 aromatic carbocycles. The van der Waals surface area contributed by atoms with Gasteiger partial charge in [0.15, 0.2) is 5.03 Å². The lowest BCUT2D eigenvalue weighted by Gasteiger charge is -2.13. The fourth-order valence-electron chi connectivity index (χ4n) is 3.04. The highest BCUT2D eigenvalue weighted by Crippen LogP contribution is 2.28. The van der Waals surface area contributed by atoms with Crippen LogP contribution in [0.2, 0.25) is 0 Å². The maximum absolute atomic E-state index is 14.2. The minimum Gasteiger partial charge on any atom is -0.493 e. The summed E-state index contributed by atoms with van der Waals surface area (Å²) in [4.78, 5) is 21.2. The van der Waals surface area contributed by atoms with Gasteiger partial charge in [-0.3, -0.25) is 4.79 Å². The van der Waals surface area contributed by atoms with Crippen LogP contribution in [-0.4, -0.2) is 37.5 Å². The van der Waals surface area contributed by atoms with Crippen LogP contribution in [-0.2, 0) is 10.0 Å². The van der Waals surface area contributed by atoms with Crippen molar-refractivity contribution in [2.75, 3.05) is 13.2 Å². The number of hydrogen-bond acceptors (Lipinski definition) is 7. The Bertz CT molecular complexity index is 1310. The summed E-state index contributed by atoms with van der Waals surface area (Å²) < 4.78 is 52.8. The Kier molecular flexibility index (Phi) is 8.39. The highest BCUT2D eigenvalue weighted by Gasteiger charge is 2.24. The molecule has 0 radical (unpaired) electrons. The van der Waals surface area contributed by atoms with Crippen molar-refractivity contribution in [1.29, 1.82) is 0 Å². The second-order valence-electron chi connectivity index (χ2n) is 8.33. The number of aromatic nitrogens is 2. The first-order valence-corrected chi connectivity index (χ1v) is 12.7. The first-order chi connectivity index (χ1) is 16.6. The molecule has 2 aromatic heterocycles. The smallest absolute Gasteiger partial charge is 0.281 e. The van der Waals surface area contributed by atoms with Gasteiger partial charge in [0.2, 0.25) is 5.88 Å². The number of carbonyl (C=O) groups is 1. The number of nitrogens with zero attached hydrogens (tertiary/aromatic N) is 2. The van der Waals surface area contributed by atoms with Gasteiger partial charge in [-0.15, -0.1) is 0 Å². The van der Waals surface area contributed by atoms with Gasteiger partial charge >= 0.3 is 0 Å². The van der Waals surface area contributed by atoms with E-state index in [1.165, 1.54) is 36.4 Å². The number of hydrogen-bond donors (Lipinski definition) is 1. The molecule has 3 rings (SSSR count). The summed E-state index contributed by atoms with van der Waals surface area (Å²) in [6, 6.07) is 11.6. The van der Waals surface area contributed by atoms with Crippen LogP contribution < -0.4 is 14.2 Å². The molecule has 3 aromatic rings. The number of carbonyl (C=O) groups excluding carboxylic acids is 1. The van der Waals surface area contributed by atoms with Gasteiger partial charge < -0.3 is 9.47 Å². The molecule has 0 atom stereocenters. The first kappa shape index (κ1) is 26.1. The number of amides is 1. The predicted molar refractivity (Wildman–Crippen MR) is 129 cm³/mol. The van der Waals surface area contributed by atoms with Crippen LogP contribution in [0.3, 0.4) is 0 Å². The van der Waals surface area contributed by atoms with Gasteiger partial charge in [0.25, 0.3) is 15.9 Å². The van der Waals surface area contributed by atoms with E-state index >= 15 is 0 Å². The van der Waals surface area contributed by atoms with Crippen LogP contribution in [0.25, 0.3) is 11.3 Å². The fourth-order valence-corrected chi connectivity index (χ4v) is 4.02. The van der Waals surface area contributed by atoms with Crippen molar-refractivity contribution >= 4 is 15.9 Å². The Hall–Kier alpha value is -3.53. The molecule has 1 amide bonds. The number of sulfonamides is 1. The van der Waals surface area contributed by atoms with E-state index in [0.717, 1.165) is 0 Å². The van der Waals surface area contributed by atoms with Gasteiger partial charge in [0, 0.05) is 17.3 Å². The van der Waals surface area contributed by atoms with E-state index in [-0.39, 0.29) is 29.0 Å². The Morgan fingerprint density at radius 2 is 1.86 bits per heavy atom. The molecule has 8 nitrogen and oxygen atoms in total. The van der Waals surface area contributed by atoms with Crippen LogP contribution in [0, 0.1) is 18.7 Å². The van der Waals surface area contributed by atoms with E-state index in [2.05, 4.69) is 9.97 Å². The zero-order valence-electron chi connectivity index (χ0n) is 20.0. The average molecular weight is 502 g/mol. The van der Waals surface area contributed by atoms with Gasteiger partial charge in [-0.05, 0) is 55.7 Å². The monoisotopic (exact) mass is 501 g/mol. The summed E-state index contributed by atoms with van der Waals surface area (Å²) in [5.41, 5.74) is 1.18. The van der Waals surface area contributed by atoms with Crippen molar-refractivity contribution in [2.45, 2.75) is 39.1 Å². The zero-order valence-corrected chi connectivity index (χ0v) is 20.9. The molecule has 0 unspecified atom stereocenters. The number of rotatable bonds is 10. The van der Waals surface area contributed by atoms with Gasteiger partial charge in [0.05, 0.1) is 18.9 Å². The molecule has 10 heteroatoms. The summed E-state index contributed by atoms with van der Waals surface area (Å²) in [5, 5.41) is -0.278. The maximum atomic E-state index is 14.2. The lowest BCUT2D eigenvalue weighted by atomic mass is 10.1. The van der Waals surface area contributed by atoms with E-state index < -0.39 is 21.7 Å². The highest BCUT2D eigenvalue weighted by atomic mass is 32.2. The van der Waals surface area contributed by atoms with Crippen LogP contribution in [0.4, 0.5) is 4.39 Å². The average Bonchev–Trinajstić information content (AvgIpc) is 2.80. The Morgan fingerprint density at radius 1 is 1.09 bits per heavy atom. The van der Waals surface area contributed by atoms with Crippen LogP contribution >= 0.6 is 0 Å². The number of halogens is 1. The number of ether oxygens (including phenoxy) is 2. The molecule has 0 aliphatic carbocycles. The summed E-state index contributed by atoms with van der Waals surface area (Å²) in [6.45, 7) is 8.16. The third-order valence-corrected chi connectivity index (χ3v) is 5.90. The number of aryl methyl sites for hydroxylation is 1. The molecular weight excluding hydrogens is 473 g/mol. The van der Waals surface area contributed by atoms with E-state index in [1.54, 1.807) is 19.1 Å². The molecule has 0 saturated carbocycles. The third-order valence-electron chi connectivity index (χ3n) is 4.66.